The predicted molar refractivity (Wildman–Crippen MR) is 130 cm³/mol. The molecular formula is C25H36N2O7. The lowest BCUT2D eigenvalue weighted by atomic mass is 9.87. The average Bonchev–Trinajstić information content (AvgIpc) is 2.78. The second kappa shape index (κ2) is 15.5. The van der Waals surface area contributed by atoms with Crippen molar-refractivity contribution in [2.24, 2.45) is 5.92 Å². The van der Waals surface area contributed by atoms with Gasteiger partial charge in [-0.1, -0.05) is 13.0 Å². The number of carbonyl (C=O) groups is 3. The van der Waals surface area contributed by atoms with Crippen LogP contribution in [0.3, 0.4) is 0 Å². The molecule has 1 aliphatic rings. The molecule has 3 N–H and O–H groups in total. The summed E-state index contributed by atoms with van der Waals surface area (Å²) in [7, 11) is 5.64. The van der Waals surface area contributed by atoms with Gasteiger partial charge in [-0.3, -0.25) is 4.79 Å². The number of likely N-dealkylation sites (N-methyl/N-ethyl adjacent to an activating group) is 1. The first-order chi connectivity index (χ1) is 16.1. The Morgan fingerprint density at radius 1 is 1.03 bits per heavy atom. The topological polar surface area (TPSA) is 125 Å². The van der Waals surface area contributed by atoms with Gasteiger partial charge in [-0.05, 0) is 69.5 Å². The van der Waals surface area contributed by atoms with Crippen molar-refractivity contribution < 1.29 is 34.1 Å². The third kappa shape index (κ3) is 12.6. The lowest BCUT2D eigenvalue weighted by molar-refractivity contribution is -0.134. The normalized spacial score (nSPS) is 17.8. The smallest absolute Gasteiger partial charge is 0.328 e. The van der Waals surface area contributed by atoms with Crippen molar-refractivity contribution >= 4 is 23.9 Å². The molecule has 1 saturated carbocycles. The van der Waals surface area contributed by atoms with E-state index in [4.69, 9.17) is 19.7 Å². The van der Waals surface area contributed by atoms with Gasteiger partial charge in [0, 0.05) is 30.8 Å². The van der Waals surface area contributed by atoms with Crippen LogP contribution in [-0.4, -0.2) is 73.4 Å². The number of ether oxygens (including phenoxy) is 2. The van der Waals surface area contributed by atoms with Crippen molar-refractivity contribution in [2.45, 2.75) is 38.6 Å². The molecule has 34 heavy (non-hydrogen) atoms. The highest BCUT2D eigenvalue weighted by molar-refractivity contribution is 5.92. The van der Waals surface area contributed by atoms with E-state index in [0.29, 0.717) is 36.3 Å². The fraction of sp³-hybridized carbons (Fsp3) is 0.480. The first-order valence-electron chi connectivity index (χ1n) is 11.2. The van der Waals surface area contributed by atoms with Gasteiger partial charge in [-0.2, -0.15) is 0 Å². The van der Waals surface area contributed by atoms with Crippen LogP contribution in [0, 0.1) is 5.92 Å². The van der Waals surface area contributed by atoms with E-state index < -0.39 is 11.9 Å². The molecule has 2 rings (SSSR count). The Balaban J connectivity index is 0.000000620. The highest BCUT2D eigenvalue weighted by atomic mass is 16.5. The standard InChI is InChI=1S/C21H32N2O3.C4H4O4/c1-16-5-9-18(10-6-16)22-21(24)12-8-17-7-11-19(20(15-17)25-4)26-14-13-23(2)3;5-3(6)1-2-4(7)8/h7-8,11-12,15-16,18H,5-6,9-10,13-14H2,1-4H3,(H,22,24);1-2H,(H,5,6)(H,7,8)/b;2-1-. The zero-order valence-electron chi connectivity index (χ0n) is 20.3. The Bertz CT molecular complexity index is 841. The Morgan fingerprint density at radius 3 is 2.18 bits per heavy atom. The summed E-state index contributed by atoms with van der Waals surface area (Å²) in [5.74, 6) is -0.376. The summed E-state index contributed by atoms with van der Waals surface area (Å²) in [6.07, 6.45) is 9.07. The van der Waals surface area contributed by atoms with Crippen LogP contribution in [0.1, 0.15) is 38.2 Å². The number of hydrogen-bond donors (Lipinski definition) is 3. The van der Waals surface area contributed by atoms with Gasteiger partial charge < -0.3 is 29.9 Å². The monoisotopic (exact) mass is 476 g/mol. The Hall–Kier alpha value is -3.33. The molecule has 188 valence electrons. The number of nitrogens with one attached hydrogen (secondary N) is 1. The predicted octanol–water partition coefficient (Wildman–Crippen LogP) is 3.06. The van der Waals surface area contributed by atoms with Gasteiger partial charge in [-0.25, -0.2) is 9.59 Å². The number of benzene rings is 1. The molecule has 1 fully saturated rings. The molecule has 0 bridgehead atoms. The minimum atomic E-state index is -1.26. The lowest BCUT2D eigenvalue weighted by Crippen LogP contribution is -2.36. The maximum Gasteiger partial charge on any atom is 0.328 e. The van der Waals surface area contributed by atoms with Crippen molar-refractivity contribution in [1.82, 2.24) is 10.2 Å². The van der Waals surface area contributed by atoms with E-state index in [-0.39, 0.29) is 5.91 Å². The van der Waals surface area contributed by atoms with Gasteiger partial charge in [-0.15, -0.1) is 0 Å². The molecule has 1 aromatic rings. The first kappa shape index (κ1) is 28.7. The Labute approximate surface area is 201 Å². The van der Waals surface area contributed by atoms with Crippen LogP contribution in [0.4, 0.5) is 0 Å². The van der Waals surface area contributed by atoms with Crippen LogP contribution in [0.2, 0.25) is 0 Å². The fourth-order valence-electron chi connectivity index (χ4n) is 3.21. The van der Waals surface area contributed by atoms with Gasteiger partial charge in [0.25, 0.3) is 0 Å². The van der Waals surface area contributed by atoms with Crippen LogP contribution in [0.15, 0.2) is 36.4 Å². The van der Waals surface area contributed by atoms with E-state index in [0.717, 1.165) is 30.9 Å². The molecule has 0 saturated heterocycles. The van der Waals surface area contributed by atoms with Crippen molar-refractivity contribution in [3.63, 3.8) is 0 Å². The van der Waals surface area contributed by atoms with Gasteiger partial charge >= 0.3 is 11.9 Å². The molecule has 1 aliphatic carbocycles. The van der Waals surface area contributed by atoms with E-state index in [1.807, 2.05) is 38.4 Å². The molecule has 1 amide bonds. The van der Waals surface area contributed by atoms with Crippen molar-refractivity contribution in [3.05, 3.63) is 42.0 Å². The number of amides is 1. The first-order valence-corrected chi connectivity index (χ1v) is 11.2. The maximum atomic E-state index is 12.1. The highest BCUT2D eigenvalue weighted by Crippen LogP contribution is 2.28. The average molecular weight is 477 g/mol. The van der Waals surface area contributed by atoms with E-state index >= 15 is 0 Å². The van der Waals surface area contributed by atoms with E-state index in [2.05, 4.69) is 17.1 Å². The lowest BCUT2D eigenvalue weighted by Gasteiger charge is -2.26. The number of rotatable bonds is 10. The highest BCUT2D eigenvalue weighted by Gasteiger charge is 2.18. The van der Waals surface area contributed by atoms with Gasteiger partial charge in [0.1, 0.15) is 6.61 Å². The number of carbonyl (C=O) groups excluding carboxylic acids is 1. The molecular weight excluding hydrogens is 440 g/mol. The maximum absolute atomic E-state index is 12.1. The van der Waals surface area contributed by atoms with E-state index in [1.54, 1.807) is 13.2 Å². The third-order valence-corrected chi connectivity index (χ3v) is 5.14. The quantitative estimate of drug-likeness (QED) is 0.440. The second-order valence-corrected chi connectivity index (χ2v) is 8.37. The zero-order chi connectivity index (χ0) is 25.5. The molecule has 9 heteroatoms. The summed E-state index contributed by atoms with van der Waals surface area (Å²) in [4.78, 5) is 33.3. The molecule has 0 aromatic heterocycles. The summed E-state index contributed by atoms with van der Waals surface area (Å²) in [5, 5.41) is 18.7. The van der Waals surface area contributed by atoms with Crippen LogP contribution in [0.25, 0.3) is 6.08 Å². The van der Waals surface area contributed by atoms with Crippen LogP contribution < -0.4 is 14.8 Å². The number of nitrogens with zero attached hydrogens (tertiary/aromatic N) is 1. The number of methoxy groups -OCH3 is 1. The van der Waals surface area contributed by atoms with Gasteiger partial charge in [0.2, 0.25) is 5.91 Å². The van der Waals surface area contributed by atoms with E-state index in [9.17, 15) is 14.4 Å². The van der Waals surface area contributed by atoms with Crippen LogP contribution in [-0.2, 0) is 14.4 Å². The number of aliphatic carboxylic acids is 2. The zero-order valence-corrected chi connectivity index (χ0v) is 20.3. The molecule has 9 nitrogen and oxygen atoms in total. The summed E-state index contributed by atoms with van der Waals surface area (Å²) in [5.41, 5.74) is 0.911. The number of carboxylic acids is 2. The Kier molecular flexibility index (Phi) is 13.1. The molecule has 1 aromatic carbocycles. The third-order valence-electron chi connectivity index (χ3n) is 5.14. The Morgan fingerprint density at radius 2 is 1.65 bits per heavy atom. The molecule has 0 atom stereocenters. The summed E-state index contributed by atoms with van der Waals surface area (Å²) in [6, 6.07) is 6.01. The molecule has 0 spiro atoms. The molecule has 0 unspecified atom stereocenters. The SMILES string of the molecule is COc1cc(C=CC(=O)NC2CCC(C)CC2)ccc1OCCN(C)C.O=C(O)/C=C\C(=O)O. The summed E-state index contributed by atoms with van der Waals surface area (Å²) in [6.45, 7) is 3.71. The number of hydrogen-bond acceptors (Lipinski definition) is 6. The minimum absolute atomic E-state index is 0.0326. The fourth-order valence-corrected chi connectivity index (χ4v) is 3.21. The largest absolute Gasteiger partial charge is 0.493 e. The molecule has 0 aliphatic heterocycles. The number of carboxylic acid groups (broad SMARTS) is 2. The van der Waals surface area contributed by atoms with Crippen molar-refractivity contribution in [1.29, 1.82) is 0 Å². The minimum Gasteiger partial charge on any atom is -0.493 e. The van der Waals surface area contributed by atoms with Crippen molar-refractivity contribution in [3.8, 4) is 11.5 Å². The van der Waals surface area contributed by atoms with Crippen molar-refractivity contribution in [2.75, 3.05) is 34.4 Å². The molecule has 0 heterocycles. The molecule has 0 radical (unpaired) electrons. The van der Waals surface area contributed by atoms with Crippen LogP contribution in [0.5, 0.6) is 11.5 Å². The summed E-state index contributed by atoms with van der Waals surface area (Å²) < 4.78 is 11.2. The second-order valence-electron chi connectivity index (χ2n) is 8.37. The van der Waals surface area contributed by atoms with Gasteiger partial charge in [0.15, 0.2) is 11.5 Å². The van der Waals surface area contributed by atoms with Crippen LogP contribution >= 0.6 is 0 Å². The summed E-state index contributed by atoms with van der Waals surface area (Å²) >= 11 is 0. The van der Waals surface area contributed by atoms with Gasteiger partial charge in [0.05, 0.1) is 7.11 Å². The van der Waals surface area contributed by atoms with E-state index in [1.165, 1.54) is 12.8 Å².